The van der Waals surface area contributed by atoms with E-state index in [0.717, 1.165) is 11.3 Å². The summed E-state index contributed by atoms with van der Waals surface area (Å²) in [6.45, 7) is 1.96. The second-order valence-corrected chi connectivity index (χ2v) is 4.35. The highest BCUT2D eigenvalue weighted by molar-refractivity contribution is 5.30. The van der Waals surface area contributed by atoms with E-state index < -0.39 is 0 Å². The van der Waals surface area contributed by atoms with E-state index in [2.05, 4.69) is 5.10 Å². The first-order chi connectivity index (χ1) is 9.33. The van der Waals surface area contributed by atoms with Gasteiger partial charge >= 0.3 is 0 Å². The molecule has 2 rings (SSSR count). The molecular weight excluding hydrogens is 242 g/mol. The zero-order chi connectivity index (χ0) is 13.5. The molecule has 0 unspecified atom stereocenters. The Hall–Kier alpha value is -1.69. The van der Waals surface area contributed by atoms with Crippen molar-refractivity contribution in [3.63, 3.8) is 0 Å². The highest BCUT2D eigenvalue weighted by Crippen LogP contribution is 2.09. The van der Waals surface area contributed by atoms with Crippen LogP contribution in [0.4, 0.5) is 0 Å². The maximum Gasteiger partial charge on any atom is 0.0645 e. The Morgan fingerprint density at radius 2 is 1.74 bits per heavy atom. The van der Waals surface area contributed by atoms with Crippen LogP contribution in [0, 0.1) is 0 Å². The molecule has 0 aliphatic carbocycles. The fourth-order valence-electron chi connectivity index (χ4n) is 1.97. The SMILES string of the molecule is OCCN(CCO)Cc1cnn(-c2ccccc2)c1. The number of para-hydroxylation sites is 1. The summed E-state index contributed by atoms with van der Waals surface area (Å²) in [6, 6.07) is 9.91. The summed E-state index contributed by atoms with van der Waals surface area (Å²) >= 11 is 0. The number of aromatic nitrogens is 2. The van der Waals surface area contributed by atoms with Crippen LogP contribution >= 0.6 is 0 Å². The van der Waals surface area contributed by atoms with Gasteiger partial charge < -0.3 is 10.2 Å². The molecule has 0 saturated carbocycles. The molecule has 19 heavy (non-hydrogen) atoms. The number of rotatable bonds is 7. The van der Waals surface area contributed by atoms with Gasteiger partial charge in [-0.05, 0) is 12.1 Å². The van der Waals surface area contributed by atoms with Crippen molar-refractivity contribution >= 4 is 0 Å². The molecule has 0 bridgehead atoms. The van der Waals surface area contributed by atoms with Gasteiger partial charge in [0.15, 0.2) is 0 Å². The highest BCUT2D eigenvalue weighted by Gasteiger charge is 2.07. The summed E-state index contributed by atoms with van der Waals surface area (Å²) < 4.78 is 1.82. The van der Waals surface area contributed by atoms with Crippen molar-refractivity contribution in [1.82, 2.24) is 14.7 Å². The predicted molar refractivity (Wildman–Crippen MR) is 73.0 cm³/mol. The first kappa shape index (κ1) is 13.7. The van der Waals surface area contributed by atoms with Crippen LogP contribution in [0.3, 0.4) is 0 Å². The molecule has 1 heterocycles. The van der Waals surface area contributed by atoms with Crippen LogP contribution in [-0.2, 0) is 6.54 Å². The van der Waals surface area contributed by atoms with Gasteiger partial charge in [-0.15, -0.1) is 0 Å². The number of aliphatic hydroxyl groups excluding tert-OH is 2. The number of aliphatic hydroxyl groups is 2. The second-order valence-electron chi connectivity index (χ2n) is 4.35. The van der Waals surface area contributed by atoms with Gasteiger partial charge in [-0.25, -0.2) is 4.68 Å². The van der Waals surface area contributed by atoms with E-state index in [1.807, 2.05) is 52.3 Å². The summed E-state index contributed by atoms with van der Waals surface area (Å²) in [5.74, 6) is 0. The Balaban J connectivity index is 2.04. The van der Waals surface area contributed by atoms with E-state index >= 15 is 0 Å². The first-order valence-electron chi connectivity index (χ1n) is 6.36. The summed E-state index contributed by atoms with van der Waals surface area (Å²) in [6.07, 6.45) is 3.78. The van der Waals surface area contributed by atoms with Crippen LogP contribution < -0.4 is 0 Å². The van der Waals surface area contributed by atoms with E-state index in [1.165, 1.54) is 0 Å². The average Bonchev–Trinajstić information content (AvgIpc) is 2.89. The molecule has 102 valence electrons. The van der Waals surface area contributed by atoms with Crippen molar-refractivity contribution in [2.45, 2.75) is 6.54 Å². The molecule has 0 spiro atoms. The third kappa shape index (κ3) is 3.89. The lowest BCUT2D eigenvalue weighted by Crippen LogP contribution is -2.29. The van der Waals surface area contributed by atoms with Gasteiger partial charge in [0.1, 0.15) is 0 Å². The van der Waals surface area contributed by atoms with Crippen LogP contribution in [0.1, 0.15) is 5.56 Å². The molecule has 5 heteroatoms. The average molecular weight is 261 g/mol. The van der Waals surface area contributed by atoms with Gasteiger partial charge in [-0.3, -0.25) is 4.90 Å². The van der Waals surface area contributed by atoms with Crippen LogP contribution in [0.5, 0.6) is 0 Å². The van der Waals surface area contributed by atoms with Crippen molar-refractivity contribution in [3.8, 4) is 5.69 Å². The minimum Gasteiger partial charge on any atom is -0.395 e. The van der Waals surface area contributed by atoms with Crippen molar-refractivity contribution in [2.75, 3.05) is 26.3 Å². The van der Waals surface area contributed by atoms with Crippen LogP contribution in [0.15, 0.2) is 42.7 Å². The highest BCUT2D eigenvalue weighted by atomic mass is 16.3. The third-order valence-corrected chi connectivity index (χ3v) is 2.90. The van der Waals surface area contributed by atoms with Gasteiger partial charge in [0.25, 0.3) is 0 Å². The van der Waals surface area contributed by atoms with Crippen molar-refractivity contribution in [2.24, 2.45) is 0 Å². The normalized spacial score (nSPS) is 11.1. The first-order valence-corrected chi connectivity index (χ1v) is 6.36. The third-order valence-electron chi connectivity index (χ3n) is 2.90. The number of hydrogen-bond acceptors (Lipinski definition) is 4. The standard InChI is InChI=1S/C14H19N3O2/c18-8-6-16(7-9-19)11-13-10-15-17(12-13)14-4-2-1-3-5-14/h1-5,10,12,18-19H,6-9,11H2. The fraction of sp³-hybridized carbons (Fsp3) is 0.357. The Morgan fingerprint density at radius 3 is 2.37 bits per heavy atom. The predicted octanol–water partition coefficient (Wildman–Crippen LogP) is 0.659. The Labute approximate surface area is 112 Å². The largest absolute Gasteiger partial charge is 0.395 e. The van der Waals surface area contributed by atoms with E-state index in [0.29, 0.717) is 19.6 Å². The summed E-state index contributed by atoms with van der Waals surface area (Å²) in [5, 5.41) is 22.3. The maximum absolute atomic E-state index is 8.98. The quantitative estimate of drug-likeness (QED) is 0.768. The topological polar surface area (TPSA) is 61.5 Å². The van der Waals surface area contributed by atoms with Crippen LogP contribution in [0.25, 0.3) is 5.69 Å². The molecule has 2 N–H and O–H groups in total. The maximum atomic E-state index is 8.98. The van der Waals surface area contributed by atoms with E-state index in [4.69, 9.17) is 10.2 Å². The lowest BCUT2D eigenvalue weighted by Gasteiger charge is -2.18. The van der Waals surface area contributed by atoms with Crippen molar-refractivity contribution in [3.05, 3.63) is 48.3 Å². The minimum atomic E-state index is 0.0901. The molecule has 0 aliphatic rings. The van der Waals surface area contributed by atoms with Crippen LogP contribution in [0.2, 0.25) is 0 Å². The minimum absolute atomic E-state index is 0.0901. The van der Waals surface area contributed by atoms with Gasteiger partial charge in [0.2, 0.25) is 0 Å². The smallest absolute Gasteiger partial charge is 0.0645 e. The zero-order valence-corrected chi connectivity index (χ0v) is 10.8. The fourth-order valence-corrected chi connectivity index (χ4v) is 1.97. The molecule has 0 aliphatic heterocycles. The molecule has 1 aromatic carbocycles. The molecule has 1 aromatic heterocycles. The number of benzene rings is 1. The molecule has 0 amide bonds. The second kappa shape index (κ2) is 7.04. The molecule has 0 fully saturated rings. The number of nitrogens with zero attached hydrogens (tertiary/aromatic N) is 3. The van der Waals surface area contributed by atoms with Gasteiger partial charge in [0.05, 0.1) is 25.1 Å². The van der Waals surface area contributed by atoms with Crippen LogP contribution in [-0.4, -0.2) is 51.2 Å². The summed E-state index contributed by atoms with van der Waals surface area (Å²) in [4.78, 5) is 1.99. The summed E-state index contributed by atoms with van der Waals surface area (Å²) in [5.41, 5.74) is 2.08. The lowest BCUT2D eigenvalue weighted by atomic mass is 10.3. The molecule has 2 aromatic rings. The molecular formula is C14H19N3O2. The molecule has 0 saturated heterocycles. The van der Waals surface area contributed by atoms with E-state index in [9.17, 15) is 0 Å². The molecule has 0 radical (unpaired) electrons. The van der Waals surface area contributed by atoms with Crippen molar-refractivity contribution < 1.29 is 10.2 Å². The zero-order valence-electron chi connectivity index (χ0n) is 10.8. The van der Waals surface area contributed by atoms with E-state index in [1.54, 1.807) is 0 Å². The monoisotopic (exact) mass is 261 g/mol. The van der Waals surface area contributed by atoms with Gasteiger partial charge in [-0.2, -0.15) is 5.10 Å². The summed E-state index contributed by atoms with van der Waals surface area (Å²) in [7, 11) is 0. The van der Waals surface area contributed by atoms with Gasteiger partial charge in [-0.1, -0.05) is 18.2 Å². The molecule has 5 nitrogen and oxygen atoms in total. The van der Waals surface area contributed by atoms with Gasteiger partial charge in [0, 0.05) is 31.4 Å². The molecule has 0 atom stereocenters. The Kier molecular flexibility index (Phi) is 5.09. The number of hydrogen-bond donors (Lipinski definition) is 2. The lowest BCUT2D eigenvalue weighted by molar-refractivity contribution is 0.156. The Morgan fingerprint density at radius 1 is 1.05 bits per heavy atom. The van der Waals surface area contributed by atoms with Crippen molar-refractivity contribution in [1.29, 1.82) is 0 Å². The Bertz CT molecular complexity index is 478. The van der Waals surface area contributed by atoms with E-state index in [-0.39, 0.29) is 13.2 Å².